The molecule has 3 nitrogen and oxygen atoms in total. The minimum Gasteiger partial charge on any atom is -0.288 e. The Morgan fingerprint density at radius 3 is 1.91 bits per heavy atom. The van der Waals surface area contributed by atoms with Crippen molar-refractivity contribution in [3.63, 3.8) is 0 Å². The van der Waals surface area contributed by atoms with Gasteiger partial charge < -0.3 is 0 Å². The lowest BCUT2D eigenvalue weighted by Crippen LogP contribution is -2.20. The van der Waals surface area contributed by atoms with Crippen LogP contribution in [0, 0.1) is 0 Å². The molecule has 0 saturated heterocycles. The molecule has 2 aromatic rings. The zero-order valence-electron chi connectivity index (χ0n) is 11.3. The second kappa shape index (κ2) is 6.62. The van der Waals surface area contributed by atoms with E-state index < -0.39 is 26.3 Å². The van der Waals surface area contributed by atoms with Crippen molar-refractivity contribution in [1.82, 2.24) is 0 Å². The number of allylic oxidation sites excluding steroid dienone is 1. The summed E-state index contributed by atoms with van der Waals surface area (Å²) in [4.78, 5) is 11.4. The van der Waals surface area contributed by atoms with E-state index in [4.69, 9.17) is 0 Å². The van der Waals surface area contributed by atoms with Gasteiger partial charge in [-0.1, -0.05) is 60.7 Å². The number of sulfone groups is 1. The van der Waals surface area contributed by atoms with E-state index in [1.54, 1.807) is 24.3 Å². The van der Waals surface area contributed by atoms with Crippen molar-refractivity contribution in [1.29, 1.82) is 0 Å². The quantitative estimate of drug-likeness (QED) is 0.625. The number of carbonyl (C=O) groups is 1. The summed E-state index contributed by atoms with van der Waals surface area (Å²) in [5.41, 5.74) is 0.389. The highest BCUT2D eigenvalue weighted by Crippen LogP contribution is 2.23. The first-order valence-electron chi connectivity index (χ1n) is 6.31. The molecule has 0 saturated carbocycles. The van der Waals surface area contributed by atoms with Crippen LogP contribution in [0.1, 0.15) is 15.9 Å². The maximum Gasteiger partial charge on any atom is 0.341 e. The molecule has 0 aromatic heterocycles. The van der Waals surface area contributed by atoms with Gasteiger partial charge in [0.15, 0.2) is 0 Å². The SMILES string of the molecule is O=C(C(=Cc1ccccc1)S(=O)(=O)C(F)F)c1ccccc1. The average Bonchev–Trinajstić information content (AvgIpc) is 2.53. The maximum atomic E-state index is 12.9. The van der Waals surface area contributed by atoms with Gasteiger partial charge in [0, 0.05) is 5.56 Å². The number of halogens is 2. The van der Waals surface area contributed by atoms with Crippen molar-refractivity contribution in [3.8, 4) is 0 Å². The molecular formula is C16H12F2O3S. The lowest BCUT2D eigenvalue weighted by molar-refractivity contribution is 0.104. The molecule has 0 radical (unpaired) electrons. The molecule has 0 N–H and O–H groups in total. The van der Waals surface area contributed by atoms with E-state index in [0.717, 1.165) is 6.08 Å². The summed E-state index contributed by atoms with van der Waals surface area (Å²) in [6.45, 7) is 0. The van der Waals surface area contributed by atoms with Crippen molar-refractivity contribution in [3.05, 3.63) is 76.7 Å². The fraction of sp³-hybridized carbons (Fsp3) is 0.0625. The molecule has 0 unspecified atom stereocenters. The minimum atomic E-state index is -5.01. The fourth-order valence-corrected chi connectivity index (χ4v) is 2.67. The van der Waals surface area contributed by atoms with Gasteiger partial charge in [-0.25, -0.2) is 8.42 Å². The van der Waals surface area contributed by atoms with Crippen LogP contribution in [-0.4, -0.2) is 20.0 Å². The molecule has 0 bridgehead atoms. The molecule has 0 fully saturated rings. The Morgan fingerprint density at radius 1 is 0.909 bits per heavy atom. The van der Waals surface area contributed by atoms with Gasteiger partial charge in [-0.2, -0.15) is 8.78 Å². The largest absolute Gasteiger partial charge is 0.341 e. The van der Waals surface area contributed by atoms with Gasteiger partial charge in [-0.15, -0.1) is 0 Å². The van der Waals surface area contributed by atoms with Crippen LogP contribution in [0.4, 0.5) is 8.78 Å². The van der Waals surface area contributed by atoms with Gasteiger partial charge >= 0.3 is 5.76 Å². The van der Waals surface area contributed by atoms with Crippen LogP contribution in [-0.2, 0) is 9.84 Å². The van der Waals surface area contributed by atoms with E-state index in [2.05, 4.69) is 0 Å². The third kappa shape index (κ3) is 3.46. The minimum absolute atomic E-state index is 0.0360. The van der Waals surface area contributed by atoms with Crippen LogP contribution in [0.25, 0.3) is 6.08 Å². The molecule has 2 rings (SSSR count). The Bertz CT molecular complexity index is 783. The second-order valence-corrected chi connectivity index (χ2v) is 6.31. The van der Waals surface area contributed by atoms with Crippen LogP contribution < -0.4 is 0 Å². The van der Waals surface area contributed by atoms with Crippen molar-refractivity contribution in [2.24, 2.45) is 0 Å². The first-order chi connectivity index (χ1) is 10.4. The van der Waals surface area contributed by atoms with Gasteiger partial charge in [0.1, 0.15) is 4.91 Å². The van der Waals surface area contributed by atoms with Gasteiger partial charge in [0.05, 0.1) is 0 Å². The van der Waals surface area contributed by atoms with E-state index in [-0.39, 0.29) is 5.56 Å². The maximum absolute atomic E-state index is 12.9. The van der Waals surface area contributed by atoms with E-state index >= 15 is 0 Å². The third-order valence-electron chi connectivity index (χ3n) is 2.90. The van der Waals surface area contributed by atoms with Crippen molar-refractivity contribution >= 4 is 21.7 Å². The number of hydrogen-bond acceptors (Lipinski definition) is 3. The summed E-state index contributed by atoms with van der Waals surface area (Å²) in [7, 11) is -5.01. The highest BCUT2D eigenvalue weighted by Gasteiger charge is 2.34. The number of benzene rings is 2. The monoisotopic (exact) mass is 322 g/mol. The highest BCUT2D eigenvalue weighted by atomic mass is 32.2. The molecule has 0 atom stereocenters. The number of carbonyl (C=O) groups excluding carboxylic acids is 1. The van der Waals surface area contributed by atoms with Crippen molar-refractivity contribution < 1.29 is 22.0 Å². The first kappa shape index (κ1) is 16.0. The summed E-state index contributed by atoms with van der Waals surface area (Å²) < 4.78 is 49.3. The molecule has 0 aliphatic carbocycles. The lowest BCUT2D eigenvalue weighted by atomic mass is 10.1. The predicted molar refractivity (Wildman–Crippen MR) is 80.1 cm³/mol. The van der Waals surface area contributed by atoms with Gasteiger partial charge in [-0.05, 0) is 11.6 Å². The fourth-order valence-electron chi connectivity index (χ4n) is 1.81. The number of ketones is 1. The van der Waals surface area contributed by atoms with Gasteiger partial charge in [-0.3, -0.25) is 4.79 Å². The smallest absolute Gasteiger partial charge is 0.288 e. The molecule has 0 spiro atoms. The summed E-state index contributed by atoms with van der Waals surface area (Å²) in [6, 6.07) is 15.4. The molecular weight excluding hydrogens is 310 g/mol. The molecule has 6 heteroatoms. The number of Topliss-reactive ketones (excluding diaryl/α,β-unsaturated/α-hetero) is 1. The van der Waals surface area contributed by atoms with Crippen LogP contribution in [0.2, 0.25) is 0 Å². The molecule has 0 aliphatic heterocycles. The molecule has 2 aromatic carbocycles. The molecule has 114 valence electrons. The topological polar surface area (TPSA) is 51.2 Å². The standard InChI is InChI=1S/C16H12F2O3S/c17-16(18)22(20,21)14(11-12-7-3-1-4-8-12)15(19)13-9-5-2-6-10-13/h1-11,16H. The zero-order chi connectivity index (χ0) is 16.2. The summed E-state index contributed by atoms with van der Waals surface area (Å²) >= 11 is 0. The third-order valence-corrected chi connectivity index (χ3v) is 4.28. The predicted octanol–water partition coefficient (Wildman–Crippen LogP) is 3.55. The van der Waals surface area contributed by atoms with Gasteiger partial charge in [0.25, 0.3) is 0 Å². The summed E-state index contributed by atoms with van der Waals surface area (Å²) in [5.74, 6) is -4.61. The molecule has 0 amide bonds. The van der Waals surface area contributed by atoms with Crippen LogP contribution in [0.15, 0.2) is 65.6 Å². The Balaban J connectivity index is 2.57. The Morgan fingerprint density at radius 2 is 1.41 bits per heavy atom. The van der Waals surface area contributed by atoms with E-state index in [0.29, 0.717) is 5.56 Å². The number of hydrogen-bond donors (Lipinski definition) is 0. The Kier molecular flexibility index (Phi) is 4.82. The summed E-state index contributed by atoms with van der Waals surface area (Å²) in [5, 5.41) is 0. The molecule has 0 heterocycles. The van der Waals surface area contributed by atoms with Crippen LogP contribution in [0.5, 0.6) is 0 Å². The lowest BCUT2D eigenvalue weighted by Gasteiger charge is -2.08. The first-order valence-corrected chi connectivity index (χ1v) is 7.86. The van der Waals surface area contributed by atoms with E-state index in [1.165, 1.54) is 36.4 Å². The molecule has 22 heavy (non-hydrogen) atoms. The van der Waals surface area contributed by atoms with Crippen molar-refractivity contribution in [2.45, 2.75) is 5.76 Å². The second-order valence-electron chi connectivity index (χ2n) is 4.42. The number of rotatable bonds is 5. The highest BCUT2D eigenvalue weighted by molar-refractivity contribution is 7.96. The van der Waals surface area contributed by atoms with Crippen molar-refractivity contribution in [2.75, 3.05) is 0 Å². The Labute approximate surface area is 126 Å². The Hall–Kier alpha value is -2.34. The van der Waals surface area contributed by atoms with Crippen LogP contribution >= 0.6 is 0 Å². The van der Waals surface area contributed by atoms with E-state index in [9.17, 15) is 22.0 Å². The zero-order valence-corrected chi connectivity index (χ0v) is 12.1. The van der Waals surface area contributed by atoms with Crippen LogP contribution in [0.3, 0.4) is 0 Å². The molecule has 0 aliphatic rings. The number of alkyl halides is 2. The van der Waals surface area contributed by atoms with Gasteiger partial charge in [0.2, 0.25) is 15.6 Å². The average molecular weight is 322 g/mol. The van der Waals surface area contributed by atoms with E-state index in [1.807, 2.05) is 0 Å². The normalized spacial score (nSPS) is 12.4. The summed E-state index contributed by atoms with van der Waals surface area (Å²) in [6.07, 6.45) is 0.969.